The molecule has 0 aliphatic heterocycles. The number of unbranched alkanes of at least 4 members (excludes halogenated alkanes) is 16. The van der Waals surface area contributed by atoms with Crippen LogP contribution in [0.1, 0.15) is 155 Å². The average molecular weight is 627 g/mol. The molecular weight excluding hydrogens is 560 g/mol. The van der Waals surface area contributed by atoms with E-state index >= 15 is 0 Å². The van der Waals surface area contributed by atoms with Gasteiger partial charge in [-0.2, -0.15) is 11.8 Å². The fourth-order valence-electron chi connectivity index (χ4n) is 5.34. The van der Waals surface area contributed by atoms with Crippen molar-refractivity contribution in [3.63, 3.8) is 0 Å². The van der Waals surface area contributed by atoms with E-state index in [4.69, 9.17) is 5.73 Å². The second-order valence-corrected chi connectivity index (χ2v) is 13.6. The molecule has 0 aromatic rings. The van der Waals surface area contributed by atoms with Crippen molar-refractivity contribution >= 4 is 29.5 Å². The minimum absolute atomic E-state index is 0.0160. The largest absolute Gasteiger partial charge is 0.376 e. The van der Waals surface area contributed by atoms with Crippen molar-refractivity contribution in [2.45, 2.75) is 173 Å². The standard InChI is InChI=1S/C34H66N4O4S/c1-3-5-7-9-11-13-15-17-19-21-32(40)36-25-29(26-43-27-31(35)34(42)38(28-39)30-23-24-30)37-33(41)22-20-18-16-14-12-10-8-6-4-2/h29-31,39H,3-28,35H2,1-2H3,(H,36,40)(H,37,41)/t29-,31+/m1/s1. The molecular formula is C34H66N4O4S. The quantitative estimate of drug-likeness (QED) is 0.0538. The molecule has 0 aromatic heterocycles. The van der Waals surface area contributed by atoms with Crippen LogP contribution < -0.4 is 16.4 Å². The van der Waals surface area contributed by atoms with Crippen molar-refractivity contribution in [3.05, 3.63) is 0 Å². The molecule has 1 fully saturated rings. The van der Waals surface area contributed by atoms with Crippen molar-refractivity contribution in [2.24, 2.45) is 5.73 Å². The normalized spacial score (nSPS) is 14.3. The molecule has 2 atom stereocenters. The van der Waals surface area contributed by atoms with Crippen LogP contribution in [0.25, 0.3) is 0 Å². The molecule has 252 valence electrons. The second kappa shape index (κ2) is 27.0. The van der Waals surface area contributed by atoms with E-state index in [1.807, 2.05) is 0 Å². The number of hydrogen-bond donors (Lipinski definition) is 4. The van der Waals surface area contributed by atoms with Crippen LogP contribution in [0.4, 0.5) is 0 Å². The highest BCUT2D eigenvalue weighted by Crippen LogP contribution is 2.27. The van der Waals surface area contributed by atoms with Gasteiger partial charge in [0.05, 0.1) is 12.1 Å². The van der Waals surface area contributed by atoms with Crippen LogP contribution in [0.3, 0.4) is 0 Å². The summed E-state index contributed by atoms with van der Waals surface area (Å²) in [5.74, 6) is 0.783. The minimum atomic E-state index is -0.697. The molecule has 5 N–H and O–H groups in total. The highest BCUT2D eigenvalue weighted by molar-refractivity contribution is 7.99. The molecule has 1 aliphatic rings. The fourth-order valence-corrected chi connectivity index (χ4v) is 6.36. The van der Waals surface area contributed by atoms with Crippen molar-refractivity contribution in [1.29, 1.82) is 0 Å². The first kappa shape index (κ1) is 39.7. The van der Waals surface area contributed by atoms with Crippen LogP contribution in [0.15, 0.2) is 0 Å². The van der Waals surface area contributed by atoms with Gasteiger partial charge in [0.15, 0.2) is 0 Å². The molecule has 9 heteroatoms. The number of carbonyl (C=O) groups is 3. The molecule has 1 aliphatic carbocycles. The monoisotopic (exact) mass is 626 g/mol. The van der Waals surface area contributed by atoms with Gasteiger partial charge in [-0.15, -0.1) is 0 Å². The van der Waals surface area contributed by atoms with Gasteiger partial charge in [-0.25, -0.2) is 0 Å². The topological polar surface area (TPSA) is 125 Å². The molecule has 43 heavy (non-hydrogen) atoms. The maximum Gasteiger partial charge on any atom is 0.242 e. The summed E-state index contributed by atoms with van der Waals surface area (Å²) in [5, 5.41) is 15.7. The van der Waals surface area contributed by atoms with E-state index in [0.717, 1.165) is 38.5 Å². The molecule has 0 bridgehead atoms. The van der Waals surface area contributed by atoms with Gasteiger partial charge in [-0.3, -0.25) is 14.4 Å². The third-order valence-electron chi connectivity index (χ3n) is 8.28. The van der Waals surface area contributed by atoms with E-state index in [1.54, 1.807) is 0 Å². The predicted molar refractivity (Wildman–Crippen MR) is 181 cm³/mol. The second-order valence-electron chi connectivity index (χ2n) is 12.5. The highest BCUT2D eigenvalue weighted by atomic mass is 32.2. The summed E-state index contributed by atoms with van der Waals surface area (Å²) >= 11 is 1.51. The third-order valence-corrected chi connectivity index (χ3v) is 9.52. The number of rotatable bonds is 30. The Balaban J connectivity index is 2.37. The number of aliphatic hydroxyl groups excluding tert-OH is 1. The smallest absolute Gasteiger partial charge is 0.242 e. The zero-order valence-electron chi connectivity index (χ0n) is 27.7. The van der Waals surface area contributed by atoms with Crippen LogP contribution >= 0.6 is 11.8 Å². The van der Waals surface area contributed by atoms with Gasteiger partial charge in [-0.1, -0.05) is 117 Å². The van der Waals surface area contributed by atoms with Crippen molar-refractivity contribution in [2.75, 3.05) is 24.8 Å². The Morgan fingerprint density at radius 3 is 1.67 bits per heavy atom. The molecule has 0 unspecified atom stereocenters. The van der Waals surface area contributed by atoms with Gasteiger partial charge in [0.1, 0.15) is 6.73 Å². The van der Waals surface area contributed by atoms with Gasteiger partial charge in [0, 0.05) is 36.9 Å². The summed E-state index contributed by atoms with van der Waals surface area (Å²) in [6, 6.07) is -0.803. The number of amides is 3. The molecule has 3 amide bonds. The van der Waals surface area contributed by atoms with Gasteiger partial charge in [0.25, 0.3) is 0 Å². The lowest BCUT2D eigenvalue weighted by Gasteiger charge is -2.24. The number of hydrogen-bond acceptors (Lipinski definition) is 6. The minimum Gasteiger partial charge on any atom is -0.376 e. The Morgan fingerprint density at radius 2 is 1.21 bits per heavy atom. The summed E-state index contributed by atoms with van der Waals surface area (Å²) in [7, 11) is 0. The fraction of sp³-hybridized carbons (Fsp3) is 0.912. The molecule has 1 saturated carbocycles. The molecule has 8 nitrogen and oxygen atoms in total. The predicted octanol–water partition coefficient (Wildman–Crippen LogP) is 6.43. The lowest BCUT2D eigenvalue weighted by Crippen LogP contribution is -2.48. The first-order valence-electron chi connectivity index (χ1n) is 17.7. The first-order chi connectivity index (χ1) is 20.9. The molecule has 0 saturated heterocycles. The number of nitrogens with one attached hydrogen (secondary N) is 2. The van der Waals surface area contributed by atoms with Gasteiger partial charge in [0.2, 0.25) is 17.7 Å². The van der Waals surface area contributed by atoms with Crippen LogP contribution in [-0.4, -0.2) is 70.6 Å². The lowest BCUT2D eigenvalue weighted by molar-refractivity contribution is -0.136. The van der Waals surface area contributed by atoms with E-state index in [0.29, 0.717) is 30.9 Å². The number of nitrogens with zero attached hydrogens (tertiary/aromatic N) is 1. The Hall–Kier alpha value is -1.32. The van der Waals surface area contributed by atoms with E-state index in [-0.39, 0.29) is 36.5 Å². The Morgan fingerprint density at radius 1 is 0.744 bits per heavy atom. The molecule has 0 heterocycles. The molecule has 1 rings (SSSR count). The summed E-state index contributed by atoms with van der Waals surface area (Å²) in [5.41, 5.74) is 6.15. The summed E-state index contributed by atoms with van der Waals surface area (Å²) in [4.78, 5) is 39.3. The molecule has 0 spiro atoms. The molecule has 0 aromatic carbocycles. The number of thioether (sulfide) groups is 1. The Labute approximate surface area is 267 Å². The van der Waals surface area contributed by atoms with Gasteiger partial charge in [-0.05, 0) is 25.7 Å². The Bertz CT molecular complexity index is 723. The van der Waals surface area contributed by atoms with E-state index in [2.05, 4.69) is 24.5 Å². The third kappa shape index (κ3) is 21.9. The van der Waals surface area contributed by atoms with Gasteiger partial charge >= 0.3 is 0 Å². The summed E-state index contributed by atoms with van der Waals surface area (Å²) < 4.78 is 0. The van der Waals surface area contributed by atoms with Crippen molar-refractivity contribution in [1.82, 2.24) is 15.5 Å². The zero-order chi connectivity index (χ0) is 31.5. The Kier molecular flexibility index (Phi) is 25.0. The van der Waals surface area contributed by atoms with Crippen LogP contribution in [0, 0.1) is 0 Å². The van der Waals surface area contributed by atoms with Crippen molar-refractivity contribution in [3.8, 4) is 0 Å². The van der Waals surface area contributed by atoms with E-state index in [1.165, 1.54) is 107 Å². The number of carbonyl (C=O) groups excluding carboxylic acids is 3. The average Bonchev–Trinajstić information content (AvgIpc) is 3.83. The maximum atomic E-state index is 12.7. The summed E-state index contributed by atoms with van der Waals surface area (Å²) in [6.45, 7) is 4.54. The summed E-state index contributed by atoms with van der Waals surface area (Å²) in [6.07, 6.45) is 24.6. The van der Waals surface area contributed by atoms with Gasteiger partial charge < -0.3 is 26.4 Å². The lowest BCUT2D eigenvalue weighted by atomic mass is 10.1. The maximum absolute atomic E-state index is 12.7. The zero-order valence-corrected chi connectivity index (χ0v) is 28.5. The van der Waals surface area contributed by atoms with E-state index < -0.39 is 6.04 Å². The molecule has 0 radical (unpaired) electrons. The van der Waals surface area contributed by atoms with Crippen LogP contribution in [0.2, 0.25) is 0 Å². The number of nitrogens with two attached hydrogens (primary N) is 1. The highest BCUT2D eigenvalue weighted by Gasteiger charge is 2.34. The van der Waals surface area contributed by atoms with Crippen molar-refractivity contribution < 1.29 is 19.5 Å². The first-order valence-corrected chi connectivity index (χ1v) is 18.9. The van der Waals surface area contributed by atoms with Crippen LogP contribution in [-0.2, 0) is 14.4 Å². The number of aliphatic hydroxyl groups is 1. The SMILES string of the molecule is CCCCCCCCCCCC(=O)NC[C@H](CSC[C@H](N)C(=O)N(CO)C1CC1)NC(=O)CCCCCCCCCCC. The van der Waals surface area contributed by atoms with E-state index in [9.17, 15) is 19.5 Å². The van der Waals surface area contributed by atoms with Crippen LogP contribution in [0.5, 0.6) is 0 Å².